The molecule has 1 aromatic carbocycles. The van der Waals surface area contributed by atoms with Crippen LogP contribution in [0.5, 0.6) is 5.75 Å². The molecule has 0 radical (unpaired) electrons. The summed E-state index contributed by atoms with van der Waals surface area (Å²) in [7, 11) is 1.60. The van der Waals surface area contributed by atoms with Crippen LogP contribution in [0.4, 0.5) is 4.79 Å². The minimum Gasteiger partial charge on any atom is -0.497 e. The number of benzene rings is 1. The van der Waals surface area contributed by atoms with E-state index in [0.717, 1.165) is 11.3 Å². The summed E-state index contributed by atoms with van der Waals surface area (Å²) >= 11 is 1.17. The van der Waals surface area contributed by atoms with Crippen molar-refractivity contribution in [1.82, 2.24) is 20.5 Å². The molecule has 3 amide bonds. The van der Waals surface area contributed by atoms with E-state index in [1.54, 1.807) is 7.11 Å². The summed E-state index contributed by atoms with van der Waals surface area (Å²) in [6.07, 6.45) is 0. The van der Waals surface area contributed by atoms with Crippen LogP contribution in [0.25, 0.3) is 11.4 Å². The highest BCUT2D eigenvalue weighted by molar-refractivity contribution is 8.00. The number of hydrogen-bond donors (Lipinski definition) is 3. The number of aromatic amines is 1. The first kappa shape index (κ1) is 17.8. The van der Waals surface area contributed by atoms with Crippen molar-refractivity contribution in [2.75, 3.05) is 7.11 Å². The molecule has 0 saturated carbocycles. The predicted molar refractivity (Wildman–Crippen MR) is 90.6 cm³/mol. The third kappa shape index (κ3) is 4.48. The summed E-state index contributed by atoms with van der Waals surface area (Å²) < 4.78 is 5.11. The van der Waals surface area contributed by atoms with Crippen molar-refractivity contribution in [1.29, 1.82) is 0 Å². The number of nitrogens with zero attached hydrogens (tertiary/aromatic N) is 2. The number of methoxy groups -OCH3 is 1. The molecule has 1 unspecified atom stereocenters. The van der Waals surface area contributed by atoms with Crippen LogP contribution in [-0.4, -0.2) is 39.5 Å². The standard InChI is InChI=1S/C15H19N5O3S/c1-8(2)11(13(21)18-14(16)22)24-15-17-12(19-20-15)9-4-6-10(23-3)7-5-9/h4-8,11H,1-3H3,(H,17,19,20)(H3,16,18,21,22). The van der Waals surface area contributed by atoms with Crippen molar-refractivity contribution < 1.29 is 14.3 Å². The maximum Gasteiger partial charge on any atom is 0.318 e. The fraction of sp³-hybridized carbons (Fsp3) is 0.333. The Morgan fingerprint density at radius 2 is 1.96 bits per heavy atom. The van der Waals surface area contributed by atoms with Crippen LogP contribution in [0.2, 0.25) is 0 Å². The molecule has 9 heteroatoms. The van der Waals surface area contributed by atoms with Crippen LogP contribution in [-0.2, 0) is 4.79 Å². The lowest BCUT2D eigenvalue weighted by Crippen LogP contribution is -2.42. The number of ether oxygens (including phenoxy) is 1. The van der Waals surface area contributed by atoms with E-state index in [0.29, 0.717) is 11.0 Å². The molecule has 24 heavy (non-hydrogen) atoms. The van der Waals surface area contributed by atoms with E-state index in [1.165, 1.54) is 11.8 Å². The van der Waals surface area contributed by atoms with Gasteiger partial charge in [0.2, 0.25) is 11.1 Å². The molecule has 8 nitrogen and oxygen atoms in total. The quantitative estimate of drug-likeness (QED) is 0.683. The maximum atomic E-state index is 12.0. The molecular weight excluding hydrogens is 330 g/mol. The molecule has 0 spiro atoms. The van der Waals surface area contributed by atoms with Crippen LogP contribution in [0, 0.1) is 5.92 Å². The molecule has 0 aliphatic carbocycles. The van der Waals surface area contributed by atoms with Gasteiger partial charge in [-0.25, -0.2) is 9.78 Å². The van der Waals surface area contributed by atoms with Gasteiger partial charge in [-0.3, -0.25) is 15.2 Å². The highest BCUT2D eigenvalue weighted by Crippen LogP contribution is 2.27. The molecule has 0 bridgehead atoms. The monoisotopic (exact) mass is 349 g/mol. The molecule has 0 aliphatic heterocycles. The Bertz CT molecular complexity index is 714. The number of carbonyl (C=O) groups is 2. The van der Waals surface area contributed by atoms with E-state index < -0.39 is 17.2 Å². The third-order valence-electron chi connectivity index (χ3n) is 3.17. The Morgan fingerprint density at radius 3 is 2.50 bits per heavy atom. The molecule has 2 rings (SSSR count). The van der Waals surface area contributed by atoms with Gasteiger partial charge in [-0.1, -0.05) is 25.6 Å². The Balaban J connectivity index is 2.13. The number of primary amides is 1. The molecule has 0 saturated heterocycles. The SMILES string of the molecule is COc1ccc(-c2nc(SC(C(=O)NC(N)=O)C(C)C)n[nH]2)cc1. The first-order valence-electron chi connectivity index (χ1n) is 7.24. The van der Waals surface area contributed by atoms with Gasteiger partial charge in [-0.2, -0.15) is 0 Å². The van der Waals surface area contributed by atoms with Gasteiger partial charge < -0.3 is 10.5 Å². The van der Waals surface area contributed by atoms with Gasteiger partial charge in [0.25, 0.3) is 0 Å². The lowest BCUT2D eigenvalue weighted by Gasteiger charge is -2.16. The van der Waals surface area contributed by atoms with E-state index in [-0.39, 0.29) is 5.92 Å². The van der Waals surface area contributed by atoms with Crippen molar-refractivity contribution in [3.8, 4) is 17.1 Å². The summed E-state index contributed by atoms with van der Waals surface area (Å²) in [6.45, 7) is 3.74. The zero-order valence-electron chi connectivity index (χ0n) is 13.6. The number of H-pyrrole nitrogens is 1. The van der Waals surface area contributed by atoms with Crippen LogP contribution >= 0.6 is 11.8 Å². The molecule has 4 N–H and O–H groups in total. The number of rotatable bonds is 6. The Kier molecular flexibility index (Phi) is 5.80. The summed E-state index contributed by atoms with van der Waals surface area (Å²) in [4.78, 5) is 27.3. The van der Waals surface area contributed by atoms with Crippen molar-refractivity contribution in [2.45, 2.75) is 24.3 Å². The largest absolute Gasteiger partial charge is 0.497 e. The smallest absolute Gasteiger partial charge is 0.318 e. The van der Waals surface area contributed by atoms with Gasteiger partial charge in [0, 0.05) is 5.56 Å². The van der Waals surface area contributed by atoms with Crippen LogP contribution < -0.4 is 15.8 Å². The van der Waals surface area contributed by atoms with E-state index >= 15 is 0 Å². The lowest BCUT2D eigenvalue weighted by molar-refractivity contribution is -0.120. The molecule has 0 fully saturated rings. The number of carbonyl (C=O) groups excluding carboxylic acids is 2. The summed E-state index contributed by atoms with van der Waals surface area (Å²) in [5.41, 5.74) is 5.85. The van der Waals surface area contributed by atoms with Crippen molar-refractivity contribution in [3.63, 3.8) is 0 Å². The van der Waals surface area contributed by atoms with Gasteiger partial charge >= 0.3 is 6.03 Å². The number of thioether (sulfide) groups is 1. The highest BCUT2D eigenvalue weighted by atomic mass is 32.2. The minimum absolute atomic E-state index is 0.0303. The molecule has 1 heterocycles. The fourth-order valence-corrected chi connectivity index (χ4v) is 2.88. The summed E-state index contributed by atoms with van der Waals surface area (Å²) in [6, 6.07) is 6.48. The third-order valence-corrected chi connectivity index (χ3v) is 4.58. The second-order valence-electron chi connectivity index (χ2n) is 5.33. The zero-order valence-corrected chi connectivity index (χ0v) is 14.4. The van der Waals surface area contributed by atoms with Gasteiger partial charge in [0.15, 0.2) is 5.82 Å². The molecule has 0 aliphatic rings. The number of amides is 3. The second-order valence-corrected chi connectivity index (χ2v) is 6.44. The molecule has 2 aromatic rings. The normalized spacial score (nSPS) is 12.0. The van der Waals surface area contributed by atoms with Gasteiger partial charge in [-0.15, -0.1) is 5.10 Å². The van der Waals surface area contributed by atoms with Crippen molar-refractivity contribution >= 4 is 23.7 Å². The van der Waals surface area contributed by atoms with Gasteiger partial charge in [0.05, 0.1) is 12.4 Å². The van der Waals surface area contributed by atoms with E-state index in [4.69, 9.17) is 10.5 Å². The zero-order chi connectivity index (χ0) is 17.7. The number of aromatic nitrogens is 3. The predicted octanol–water partition coefficient (Wildman–Crippen LogP) is 1.79. The number of urea groups is 1. The number of imide groups is 1. The van der Waals surface area contributed by atoms with Crippen LogP contribution in [0.3, 0.4) is 0 Å². The fourth-order valence-electron chi connectivity index (χ4n) is 1.98. The van der Waals surface area contributed by atoms with Gasteiger partial charge in [0.1, 0.15) is 5.75 Å². The second kappa shape index (κ2) is 7.82. The van der Waals surface area contributed by atoms with Crippen molar-refractivity contribution in [2.24, 2.45) is 11.7 Å². The number of hydrogen-bond acceptors (Lipinski definition) is 6. The summed E-state index contributed by atoms with van der Waals surface area (Å²) in [5.74, 6) is 0.837. The van der Waals surface area contributed by atoms with E-state index in [9.17, 15) is 9.59 Å². The van der Waals surface area contributed by atoms with Crippen LogP contribution in [0.15, 0.2) is 29.4 Å². The Labute approximate surface area is 143 Å². The minimum atomic E-state index is -0.875. The van der Waals surface area contributed by atoms with E-state index in [1.807, 2.05) is 38.1 Å². The summed E-state index contributed by atoms with van der Waals surface area (Å²) in [5, 5.41) is 8.94. The molecule has 1 aromatic heterocycles. The number of nitrogens with two attached hydrogens (primary N) is 1. The number of nitrogens with one attached hydrogen (secondary N) is 2. The Morgan fingerprint density at radius 1 is 1.29 bits per heavy atom. The van der Waals surface area contributed by atoms with Crippen molar-refractivity contribution in [3.05, 3.63) is 24.3 Å². The van der Waals surface area contributed by atoms with Gasteiger partial charge in [-0.05, 0) is 30.2 Å². The average Bonchev–Trinajstić information content (AvgIpc) is 3.00. The highest BCUT2D eigenvalue weighted by Gasteiger charge is 2.26. The first-order valence-corrected chi connectivity index (χ1v) is 8.12. The lowest BCUT2D eigenvalue weighted by atomic mass is 10.1. The average molecular weight is 349 g/mol. The molecule has 128 valence electrons. The molecule has 1 atom stereocenters. The van der Waals surface area contributed by atoms with E-state index in [2.05, 4.69) is 20.5 Å². The first-order chi connectivity index (χ1) is 11.4. The van der Waals surface area contributed by atoms with Crippen LogP contribution in [0.1, 0.15) is 13.8 Å². The Hall–Kier alpha value is -2.55. The molecular formula is C15H19N5O3S. The maximum absolute atomic E-state index is 12.0. The topological polar surface area (TPSA) is 123 Å².